The molecule has 2 aromatic rings. The molecule has 1 aliphatic heterocycles. The van der Waals surface area contributed by atoms with E-state index >= 15 is 0 Å². The first kappa shape index (κ1) is 15.2. The lowest BCUT2D eigenvalue weighted by Gasteiger charge is -2.14. The molecule has 5 heteroatoms. The van der Waals surface area contributed by atoms with Crippen LogP contribution in [0.15, 0.2) is 35.7 Å². The molecule has 4 nitrogen and oxygen atoms in total. The average molecular weight is 316 g/mol. The molecule has 1 N–H and O–H groups in total. The van der Waals surface area contributed by atoms with Crippen LogP contribution in [0.5, 0.6) is 0 Å². The highest BCUT2D eigenvalue weighted by Crippen LogP contribution is 2.20. The molecule has 0 bridgehead atoms. The molecule has 22 heavy (non-hydrogen) atoms. The average Bonchev–Trinajstić information content (AvgIpc) is 3.22. The number of thiazole rings is 1. The van der Waals surface area contributed by atoms with Crippen molar-refractivity contribution < 1.29 is 9.90 Å². The third-order valence-electron chi connectivity index (χ3n) is 4.07. The van der Waals surface area contributed by atoms with Gasteiger partial charge in [0.05, 0.1) is 5.01 Å². The Kier molecular flexibility index (Phi) is 4.85. The Morgan fingerprint density at radius 3 is 2.86 bits per heavy atom. The van der Waals surface area contributed by atoms with Gasteiger partial charge in [0, 0.05) is 37.4 Å². The van der Waals surface area contributed by atoms with Crippen LogP contribution in [0.4, 0.5) is 0 Å². The number of hydrogen-bond acceptors (Lipinski definition) is 4. The van der Waals surface area contributed by atoms with Crippen molar-refractivity contribution in [3.63, 3.8) is 0 Å². The minimum absolute atomic E-state index is 0.00170. The van der Waals surface area contributed by atoms with Gasteiger partial charge in [-0.2, -0.15) is 0 Å². The standard InChI is InChI=1S/C17H20N2O2S/c20-11-14-8-9-19(10-14)17(21)15-12-22-16(18-15)7-6-13-4-2-1-3-5-13/h1-5,12,14,20H,6-11H2. The van der Waals surface area contributed by atoms with Gasteiger partial charge in [0.15, 0.2) is 0 Å². The molecule has 1 aromatic carbocycles. The second-order valence-electron chi connectivity index (χ2n) is 5.70. The van der Waals surface area contributed by atoms with E-state index in [1.54, 1.807) is 16.2 Å². The largest absolute Gasteiger partial charge is 0.396 e. The van der Waals surface area contributed by atoms with Crippen molar-refractivity contribution in [2.75, 3.05) is 19.7 Å². The Hall–Kier alpha value is -1.72. The van der Waals surface area contributed by atoms with Gasteiger partial charge in [-0.05, 0) is 18.4 Å². The Labute approximate surface area is 134 Å². The van der Waals surface area contributed by atoms with Crippen molar-refractivity contribution in [2.24, 2.45) is 5.92 Å². The van der Waals surface area contributed by atoms with Gasteiger partial charge in [0.2, 0.25) is 0 Å². The highest BCUT2D eigenvalue weighted by atomic mass is 32.1. The van der Waals surface area contributed by atoms with E-state index in [4.69, 9.17) is 5.11 Å². The summed E-state index contributed by atoms with van der Waals surface area (Å²) in [4.78, 5) is 18.7. The monoisotopic (exact) mass is 316 g/mol. The normalized spacial score (nSPS) is 17.9. The zero-order valence-electron chi connectivity index (χ0n) is 12.4. The van der Waals surface area contributed by atoms with Crippen LogP contribution in [0.1, 0.15) is 27.5 Å². The number of benzene rings is 1. The number of carbonyl (C=O) groups excluding carboxylic acids is 1. The molecule has 0 radical (unpaired) electrons. The third-order valence-corrected chi connectivity index (χ3v) is 4.98. The van der Waals surface area contributed by atoms with Gasteiger partial charge < -0.3 is 10.0 Å². The van der Waals surface area contributed by atoms with Crippen LogP contribution in [-0.4, -0.2) is 40.6 Å². The van der Waals surface area contributed by atoms with E-state index in [1.165, 1.54) is 5.56 Å². The van der Waals surface area contributed by atoms with E-state index in [2.05, 4.69) is 17.1 Å². The minimum Gasteiger partial charge on any atom is -0.396 e. The Bertz CT molecular complexity index is 627. The number of rotatable bonds is 5. The zero-order valence-corrected chi connectivity index (χ0v) is 13.3. The topological polar surface area (TPSA) is 53.4 Å². The number of aryl methyl sites for hydroxylation is 2. The fourth-order valence-corrected chi connectivity index (χ4v) is 3.52. The molecule has 0 aliphatic carbocycles. The number of aliphatic hydroxyl groups is 1. The van der Waals surface area contributed by atoms with E-state index in [0.717, 1.165) is 30.8 Å². The maximum absolute atomic E-state index is 12.4. The van der Waals surface area contributed by atoms with E-state index < -0.39 is 0 Å². The van der Waals surface area contributed by atoms with Gasteiger partial charge in [0.1, 0.15) is 5.69 Å². The van der Waals surface area contributed by atoms with Gasteiger partial charge in [-0.3, -0.25) is 4.79 Å². The van der Waals surface area contributed by atoms with Crippen LogP contribution in [-0.2, 0) is 12.8 Å². The van der Waals surface area contributed by atoms with E-state index in [-0.39, 0.29) is 18.4 Å². The molecular formula is C17H20N2O2S. The van der Waals surface area contributed by atoms with Crippen LogP contribution in [0.25, 0.3) is 0 Å². The third kappa shape index (κ3) is 3.54. The number of aliphatic hydroxyl groups excluding tert-OH is 1. The lowest BCUT2D eigenvalue weighted by Crippen LogP contribution is -2.29. The quantitative estimate of drug-likeness (QED) is 0.921. The van der Waals surface area contributed by atoms with Crippen molar-refractivity contribution in [1.29, 1.82) is 0 Å². The fourth-order valence-electron chi connectivity index (χ4n) is 2.75. The molecule has 0 saturated carbocycles. The molecule has 1 saturated heterocycles. The first-order chi connectivity index (χ1) is 10.8. The van der Waals surface area contributed by atoms with Gasteiger partial charge in [0.25, 0.3) is 5.91 Å². The summed E-state index contributed by atoms with van der Waals surface area (Å²) >= 11 is 1.55. The molecule has 1 atom stereocenters. The molecule has 1 aromatic heterocycles. The maximum atomic E-state index is 12.4. The summed E-state index contributed by atoms with van der Waals surface area (Å²) in [5.41, 5.74) is 1.84. The summed E-state index contributed by atoms with van der Waals surface area (Å²) in [6, 6.07) is 10.3. The van der Waals surface area contributed by atoms with Crippen LogP contribution in [0, 0.1) is 5.92 Å². The second-order valence-corrected chi connectivity index (χ2v) is 6.64. The predicted molar refractivity (Wildman–Crippen MR) is 87.1 cm³/mol. The highest BCUT2D eigenvalue weighted by molar-refractivity contribution is 7.09. The van der Waals surface area contributed by atoms with Crippen LogP contribution in [0.3, 0.4) is 0 Å². The predicted octanol–water partition coefficient (Wildman–Crippen LogP) is 2.38. The number of aromatic nitrogens is 1. The molecule has 2 heterocycles. The van der Waals surface area contributed by atoms with Crippen LogP contribution in [0.2, 0.25) is 0 Å². The van der Waals surface area contributed by atoms with Gasteiger partial charge >= 0.3 is 0 Å². The second kappa shape index (κ2) is 7.03. The molecular weight excluding hydrogens is 296 g/mol. The maximum Gasteiger partial charge on any atom is 0.273 e. The van der Waals surface area contributed by atoms with Crippen molar-refractivity contribution in [3.8, 4) is 0 Å². The van der Waals surface area contributed by atoms with Crippen LogP contribution >= 0.6 is 11.3 Å². The summed E-state index contributed by atoms with van der Waals surface area (Å²) in [6.45, 7) is 1.52. The molecule has 0 spiro atoms. The molecule has 3 rings (SSSR count). The number of hydrogen-bond donors (Lipinski definition) is 1. The summed E-state index contributed by atoms with van der Waals surface area (Å²) < 4.78 is 0. The van der Waals surface area contributed by atoms with E-state index in [1.807, 2.05) is 23.6 Å². The smallest absolute Gasteiger partial charge is 0.273 e. The van der Waals surface area contributed by atoms with Crippen LogP contribution < -0.4 is 0 Å². The molecule has 116 valence electrons. The fraction of sp³-hybridized carbons (Fsp3) is 0.412. The summed E-state index contributed by atoms with van der Waals surface area (Å²) in [5, 5.41) is 12.0. The summed E-state index contributed by atoms with van der Waals surface area (Å²) in [6.07, 6.45) is 2.69. The lowest BCUT2D eigenvalue weighted by molar-refractivity contribution is 0.0776. The Balaban J connectivity index is 1.58. The lowest BCUT2D eigenvalue weighted by atomic mass is 10.1. The summed E-state index contributed by atoms with van der Waals surface area (Å²) in [5.74, 6) is 0.221. The number of carbonyl (C=O) groups is 1. The first-order valence-corrected chi connectivity index (χ1v) is 8.52. The van der Waals surface area contributed by atoms with Gasteiger partial charge in [-0.15, -0.1) is 11.3 Å². The van der Waals surface area contributed by atoms with Crippen molar-refractivity contribution in [1.82, 2.24) is 9.88 Å². The Morgan fingerprint density at radius 2 is 2.14 bits per heavy atom. The zero-order chi connectivity index (χ0) is 15.4. The first-order valence-electron chi connectivity index (χ1n) is 7.64. The minimum atomic E-state index is -0.00170. The van der Waals surface area contributed by atoms with Gasteiger partial charge in [-0.25, -0.2) is 4.98 Å². The molecule has 1 aliphatic rings. The van der Waals surface area contributed by atoms with Gasteiger partial charge in [-0.1, -0.05) is 30.3 Å². The summed E-state index contributed by atoms with van der Waals surface area (Å²) in [7, 11) is 0. The van der Waals surface area contributed by atoms with Crippen molar-refractivity contribution in [3.05, 3.63) is 52.0 Å². The SMILES string of the molecule is O=C(c1csc(CCc2ccccc2)n1)N1CCC(CO)C1. The molecule has 1 amide bonds. The number of amides is 1. The highest BCUT2D eigenvalue weighted by Gasteiger charge is 2.27. The van der Waals surface area contributed by atoms with E-state index in [0.29, 0.717) is 12.2 Å². The number of likely N-dealkylation sites (tertiary alicyclic amines) is 1. The Morgan fingerprint density at radius 1 is 1.32 bits per heavy atom. The number of nitrogens with zero attached hydrogens (tertiary/aromatic N) is 2. The molecule has 1 unspecified atom stereocenters. The van der Waals surface area contributed by atoms with Crippen molar-refractivity contribution in [2.45, 2.75) is 19.3 Å². The van der Waals surface area contributed by atoms with Crippen molar-refractivity contribution >= 4 is 17.2 Å². The molecule has 1 fully saturated rings. The van der Waals surface area contributed by atoms with E-state index in [9.17, 15) is 4.79 Å².